The van der Waals surface area contributed by atoms with Gasteiger partial charge < -0.3 is 9.42 Å². The first kappa shape index (κ1) is 20.3. The number of rotatable bonds is 3. The first-order chi connectivity index (χ1) is 15.3. The van der Waals surface area contributed by atoms with Crippen LogP contribution in [0.25, 0.3) is 17.0 Å². The standard InChI is InChI=1S/C20H17F4N7O/c1-11-2-3-14(21)13(10-11)17-25-18(32-29-17)12-6-8-30(9-7-12)16-5-4-15-26-27-19(20(22,23)24)31(15)28-16/h2-5,10,12H,6-9H2,1H3. The van der Waals surface area contributed by atoms with Crippen LogP contribution < -0.4 is 4.90 Å². The van der Waals surface area contributed by atoms with Gasteiger partial charge in [-0.3, -0.25) is 0 Å². The average molecular weight is 447 g/mol. The molecular formula is C20H17F4N7O. The summed E-state index contributed by atoms with van der Waals surface area (Å²) in [6.07, 6.45) is -3.39. The zero-order chi connectivity index (χ0) is 22.5. The third kappa shape index (κ3) is 3.65. The summed E-state index contributed by atoms with van der Waals surface area (Å²) in [6.45, 7) is 2.91. The maximum atomic E-state index is 14.1. The lowest BCUT2D eigenvalue weighted by Crippen LogP contribution is -2.34. The van der Waals surface area contributed by atoms with Gasteiger partial charge in [-0.05, 0) is 44.0 Å². The van der Waals surface area contributed by atoms with Crippen LogP contribution in [-0.2, 0) is 6.18 Å². The normalized spacial score (nSPS) is 15.6. The molecule has 0 spiro atoms. The molecule has 3 aromatic heterocycles. The summed E-state index contributed by atoms with van der Waals surface area (Å²) in [5.41, 5.74) is 1.19. The highest BCUT2D eigenvalue weighted by molar-refractivity contribution is 5.56. The second-order valence-corrected chi connectivity index (χ2v) is 7.68. The Labute approximate surface area is 178 Å². The summed E-state index contributed by atoms with van der Waals surface area (Å²) in [6, 6.07) is 7.77. The topological polar surface area (TPSA) is 85.2 Å². The number of nitrogens with zero attached hydrogens (tertiary/aromatic N) is 7. The lowest BCUT2D eigenvalue weighted by Gasteiger charge is -2.31. The minimum atomic E-state index is -4.65. The number of aromatic nitrogens is 6. The maximum absolute atomic E-state index is 14.1. The summed E-state index contributed by atoms with van der Waals surface area (Å²) in [5.74, 6) is -0.610. The van der Waals surface area contributed by atoms with E-state index < -0.39 is 17.8 Å². The van der Waals surface area contributed by atoms with Gasteiger partial charge in [-0.15, -0.1) is 15.3 Å². The van der Waals surface area contributed by atoms with Crippen LogP contribution in [0.5, 0.6) is 0 Å². The Morgan fingerprint density at radius 3 is 2.59 bits per heavy atom. The third-order valence-electron chi connectivity index (χ3n) is 5.47. The molecule has 1 saturated heterocycles. The van der Waals surface area contributed by atoms with Crippen molar-refractivity contribution >= 4 is 11.5 Å². The zero-order valence-corrected chi connectivity index (χ0v) is 16.8. The molecule has 0 amide bonds. The van der Waals surface area contributed by atoms with E-state index in [0.29, 0.717) is 42.2 Å². The molecule has 0 atom stereocenters. The number of piperidine rings is 1. The molecule has 8 nitrogen and oxygen atoms in total. The van der Waals surface area contributed by atoms with Gasteiger partial charge in [0.05, 0.1) is 5.56 Å². The number of benzene rings is 1. The molecule has 1 aliphatic heterocycles. The van der Waals surface area contributed by atoms with Crippen LogP contribution in [0.4, 0.5) is 23.4 Å². The smallest absolute Gasteiger partial charge is 0.355 e. The maximum Gasteiger partial charge on any atom is 0.453 e. The SMILES string of the molecule is Cc1ccc(F)c(-c2noc(C3CCN(c4ccc5nnc(C(F)(F)F)n5n4)CC3)n2)c1. The number of halogens is 4. The molecule has 32 heavy (non-hydrogen) atoms. The van der Waals surface area contributed by atoms with Crippen molar-refractivity contribution in [2.24, 2.45) is 0 Å². The lowest BCUT2D eigenvalue weighted by molar-refractivity contribution is -0.146. The first-order valence-corrected chi connectivity index (χ1v) is 9.94. The first-order valence-electron chi connectivity index (χ1n) is 9.94. The van der Waals surface area contributed by atoms with E-state index in [-0.39, 0.29) is 23.0 Å². The Bertz CT molecular complexity index is 1270. The lowest BCUT2D eigenvalue weighted by atomic mass is 9.97. The van der Waals surface area contributed by atoms with Gasteiger partial charge >= 0.3 is 6.18 Å². The highest BCUT2D eigenvalue weighted by atomic mass is 19.4. The van der Waals surface area contributed by atoms with Gasteiger partial charge in [0.25, 0.3) is 5.82 Å². The highest BCUT2D eigenvalue weighted by Crippen LogP contribution is 2.32. The van der Waals surface area contributed by atoms with E-state index in [2.05, 4.69) is 25.4 Å². The Hall–Kier alpha value is -3.57. The number of fused-ring (bicyclic) bond motifs is 1. The molecule has 5 rings (SSSR count). The number of anilines is 1. The Kier molecular flexibility index (Phi) is 4.79. The number of alkyl halides is 3. The van der Waals surface area contributed by atoms with Crippen molar-refractivity contribution in [3.8, 4) is 11.4 Å². The molecule has 1 aromatic carbocycles. The van der Waals surface area contributed by atoms with Crippen LogP contribution in [-0.4, -0.2) is 43.0 Å². The molecule has 1 aliphatic rings. The summed E-state index contributed by atoms with van der Waals surface area (Å²) in [5, 5.41) is 14.7. The average Bonchev–Trinajstić information content (AvgIpc) is 3.42. The molecule has 0 aliphatic carbocycles. The Morgan fingerprint density at radius 1 is 1.06 bits per heavy atom. The van der Waals surface area contributed by atoms with Gasteiger partial charge in [0.2, 0.25) is 11.7 Å². The predicted molar refractivity (Wildman–Crippen MR) is 104 cm³/mol. The molecule has 1 fully saturated rings. The van der Waals surface area contributed by atoms with Crippen molar-refractivity contribution < 1.29 is 22.1 Å². The van der Waals surface area contributed by atoms with Crippen molar-refractivity contribution in [2.75, 3.05) is 18.0 Å². The predicted octanol–water partition coefficient (Wildman–Crippen LogP) is 4.02. The van der Waals surface area contributed by atoms with Crippen LogP contribution in [0.15, 0.2) is 34.9 Å². The van der Waals surface area contributed by atoms with Crippen LogP contribution in [0.1, 0.15) is 36.0 Å². The van der Waals surface area contributed by atoms with Crippen molar-refractivity contribution in [2.45, 2.75) is 31.9 Å². The third-order valence-corrected chi connectivity index (χ3v) is 5.47. The molecule has 0 radical (unpaired) electrons. The number of aryl methyl sites for hydroxylation is 1. The fourth-order valence-corrected chi connectivity index (χ4v) is 3.80. The van der Waals surface area contributed by atoms with Crippen LogP contribution >= 0.6 is 0 Å². The molecule has 0 bridgehead atoms. The van der Waals surface area contributed by atoms with Crippen LogP contribution in [0, 0.1) is 12.7 Å². The van der Waals surface area contributed by atoms with Crippen LogP contribution in [0.3, 0.4) is 0 Å². The molecule has 166 valence electrons. The molecule has 4 aromatic rings. The fraction of sp³-hybridized carbons (Fsp3) is 0.350. The van der Waals surface area contributed by atoms with Crippen molar-refractivity contribution in [3.05, 3.63) is 53.4 Å². The second-order valence-electron chi connectivity index (χ2n) is 7.68. The van der Waals surface area contributed by atoms with Crippen LogP contribution in [0.2, 0.25) is 0 Å². The largest absolute Gasteiger partial charge is 0.453 e. The summed E-state index contributed by atoms with van der Waals surface area (Å²) < 4.78 is 59.6. The quantitative estimate of drug-likeness (QED) is 0.439. The van der Waals surface area contributed by atoms with E-state index in [1.807, 2.05) is 11.8 Å². The van der Waals surface area contributed by atoms with E-state index in [4.69, 9.17) is 4.52 Å². The highest BCUT2D eigenvalue weighted by Gasteiger charge is 2.38. The molecule has 12 heteroatoms. The molecule has 0 saturated carbocycles. The molecule has 4 heterocycles. The van der Waals surface area contributed by atoms with Gasteiger partial charge in [-0.1, -0.05) is 16.8 Å². The monoisotopic (exact) mass is 447 g/mol. The number of hydrogen-bond acceptors (Lipinski definition) is 7. The van der Waals surface area contributed by atoms with E-state index in [9.17, 15) is 17.6 Å². The summed E-state index contributed by atoms with van der Waals surface area (Å²) >= 11 is 0. The van der Waals surface area contributed by atoms with Gasteiger partial charge in [0.1, 0.15) is 11.6 Å². The van der Waals surface area contributed by atoms with Crippen molar-refractivity contribution in [1.29, 1.82) is 0 Å². The summed E-state index contributed by atoms with van der Waals surface area (Å²) in [4.78, 5) is 6.26. The van der Waals surface area contributed by atoms with E-state index in [1.165, 1.54) is 12.1 Å². The molecule has 0 N–H and O–H groups in total. The fourth-order valence-electron chi connectivity index (χ4n) is 3.80. The van der Waals surface area contributed by atoms with Gasteiger partial charge in [0, 0.05) is 19.0 Å². The van der Waals surface area contributed by atoms with Gasteiger partial charge in [0.15, 0.2) is 5.65 Å². The van der Waals surface area contributed by atoms with E-state index in [0.717, 1.165) is 5.56 Å². The van der Waals surface area contributed by atoms with Crippen molar-refractivity contribution in [3.63, 3.8) is 0 Å². The van der Waals surface area contributed by atoms with Crippen molar-refractivity contribution in [1.82, 2.24) is 30.0 Å². The van der Waals surface area contributed by atoms with E-state index in [1.54, 1.807) is 18.2 Å². The number of hydrogen-bond donors (Lipinski definition) is 0. The van der Waals surface area contributed by atoms with Gasteiger partial charge in [-0.25, -0.2) is 4.39 Å². The second kappa shape index (κ2) is 7.53. The minimum Gasteiger partial charge on any atom is -0.355 e. The molecular weight excluding hydrogens is 430 g/mol. The minimum absolute atomic E-state index is 0.0257. The summed E-state index contributed by atoms with van der Waals surface area (Å²) in [7, 11) is 0. The molecule has 0 unspecified atom stereocenters. The Morgan fingerprint density at radius 2 is 1.84 bits per heavy atom. The van der Waals surface area contributed by atoms with E-state index >= 15 is 0 Å². The zero-order valence-electron chi connectivity index (χ0n) is 16.8. The van der Waals surface area contributed by atoms with Gasteiger partial charge in [-0.2, -0.15) is 22.7 Å². The Balaban J connectivity index is 1.32.